The molecule has 1 aliphatic rings. The third-order valence-electron chi connectivity index (χ3n) is 3.54. The van der Waals surface area contributed by atoms with E-state index in [0.717, 1.165) is 24.1 Å². The van der Waals surface area contributed by atoms with Gasteiger partial charge in [0.25, 0.3) is 0 Å². The van der Waals surface area contributed by atoms with Crippen molar-refractivity contribution >= 4 is 16.5 Å². The van der Waals surface area contributed by atoms with Crippen LogP contribution in [0.5, 0.6) is 0 Å². The topological polar surface area (TPSA) is 28.2 Å². The Bertz CT molecular complexity index is 367. The highest BCUT2D eigenvalue weighted by atomic mass is 32.1. The fourth-order valence-corrected chi connectivity index (χ4v) is 3.48. The first-order valence-corrected chi connectivity index (χ1v) is 7.91. The van der Waals surface area contributed by atoms with Gasteiger partial charge < -0.3 is 10.2 Å². The Labute approximate surface area is 115 Å². The van der Waals surface area contributed by atoms with E-state index >= 15 is 0 Å². The highest BCUT2D eigenvalue weighted by Crippen LogP contribution is 2.27. The molecule has 3 nitrogen and oxygen atoms in total. The maximum Gasteiger partial charge on any atom is 0.185 e. The fraction of sp³-hybridized carbons (Fsp3) is 0.786. The van der Waals surface area contributed by atoms with Crippen molar-refractivity contribution < 1.29 is 0 Å². The van der Waals surface area contributed by atoms with Crippen molar-refractivity contribution in [1.82, 2.24) is 10.3 Å². The van der Waals surface area contributed by atoms with Crippen LogP contribution in [0.25, 0.3) is 0 Å². The molecule has 2 rings (SSSR count). The van der Waals surface area contributed by atoms with Gasteiger partial charge in [-0.3, -0.25) is 0 Å². The summed E-state index contributed by atoms with van der Waals surface area (Å²) in [4.78, 5) is 8.30. The predicted octanol–water partition coefficient (Wildman–Crippen LogP) is 3.19. The van der Waals surface area contributed by atoms with Gasteiger partial charge in [0.05, 0.1) is 5.69 Å². The van der Waals surface area contributed by atoms with Crippen LogP contribution in [-0.4, -0.2) is 25.1 Å². The van der Waals surface area contributed by atoms with Crippen LogP contribution in [0, 0.1) is 0 Å². The Hall–Kier alpha value is -0.610. The normalized spacial score (nSPS) is 16.4. The average Bonchev–Trinajstić information content (AvgIpc) is 2.95. The van der Waals surface area contributed by atoms with Crippen molar-refractivity contribution in [3.05, 3.63) is 10.6 Å². The molecular formula is C14H25N3S. The highest BCUT2D eigenvalue weighted by molar-refractivity contribution is 7.15. The van der Waals surface area contributed by atoms with Crippen LogP contribution in [0.2, 0.25) is 0 Å². The van der Waals surface area contributed by atoms with Crippen LogP contribution in [0.15, 0.2) is 0 Å². The first kappa shape index (κ1) is 13.8. The quantitative estimate of drug-likeness (QED) is 0.858. The number of hydrogen-bond acceptors (Lipinski definition) is 4. The molecule has 4 heteroatoms. The van der Waals surface area contributed by atoms with Gasteiger partial charge >= 0.3 is 0 Å². The van der Waals surface area contributed by atoms with E-state index < -0.39 is 0 Å². The third-order valence-corrected chi connectivity index (χ3v) is 4.81. The second kappa shape index (κ2) is 6.53. The average molecular weight is 267 g/mol. The summed E-state index contributed by atoms with van der Waals surface area (Å²) >= 11 is 1.84. The van der Waals surface area contributed by atoms with Crippen LogP contribution in [0.3, 0.4) is 0 Å². The van der Waals surface area contributed by atoms with Gasteiger partial charge in [0.2, 0.25) is 0 Å². The summed E-state index contributed by atoms with van der Waals surface area (Å²) in [5.74, 6) is 0. The zero-order chi connectivity index (χ0) is 13.0. The van der Waals surface area contributed by atoms with Gasteiger partial charge in [-0.1, -0.05) is 26.2 Å². The maximum atomic E-state index is 4.75. The van der Waals surface area contributed by atoms with Crippen molar-refractivity contribution in [2.45, 2.75) is 58.0 Å². The molecule has 0 atom stereocenters. The molecule has 102 valence electrons. The molecule has 1 heterocycles. The van der Waals surface area contributed by atoms with E-state index in [9.17, 15) is 0 Å². The minimum atomic E-state index is 0.740. The smallest absolute Gasteiger partial charge is 0.185 e. The molecule has 1 fully saturated rings. The number of thiazole rings is 1. The third kappa shape index (κ3) is 3.45. The van der Waals surface area contributed by atoms with Gasteiger partial charge in [-0.2, -0.15) is 0 Å². The van der Waals surface area contributed by atoms with Crippen LogP contribution >= 0.6 is 11.3 Å². The molecule has 0 amide bonds. The molecule has 1 aromatic heterocycles. The van der Waals surface area contributed by atoms with E-state index in [4.69, 9.17) is 4.98 Å². The number of aromatic nitrogens is 1. The zero-order valence-corrected chi connectivity index (χ0v) is 12.6. The van der Waals surface area contributed by atoms with Crippen LogP contribution < -0.4 is 10.2 Å². The lowest BCUT2D eigenvalue weighted by molar-refractivity contribution is 0.525. The highest BCUT2D eigenvalue weighted by Gasteiger charge is 2.16. The Balaban J connectivity index is 1.99. The largest absolute Gasteiger partial charge is 0.354 e. The Kier molecular flexibility index (Phi) is 5.01. The number of anilines is 1. The van der Waals surface area contributed by atoms with Crippen molar-refractivity contribution in [3.8, 4) is 0 Å². The van der Waals surface area contributed by atoms with E-state index in [2.05, 4.69) is 31.2 Å². The first-order valence-electron chi connectivity index (χ1n) is 7.10. The molecule has 0 aliphatic heterocycles. The van der Waals surface area contributed by atoms with E-state index in [0.29, 0.717) is 0 Å². The van der Waals surface area contributed by atoms with Crippen LogP contribution in [-0.2, 0) is 13.0 Å². The fourth-order valence-electron chi connectivity index (χ4n) is 2.50. The molecule has 0 bridgehead atoms. The summed E-state index contributed by atoms with van der Waals surface area (Å²) in [5.41, 5.74) is 1.30. The Morgan fingerprint density at radius 1 is 1.33 bits per heavy atom. The molecule has 0 spiro atoms. The number of aryl methyl sites for hydroxylation is 1. The van der Waals surface area contributed by atoms with E-state index in [1.807, 2.05) is 11.3 Å². The van der Waals surface area contributed by atoms with Crippen molar-refractivity contribution in [2.75, 3.05) is 19.0 Å². The number of hydrogen-bond donors (Lipinski definition) is 1. The summed E-state index contributed by atoms with van der Waals surface area (Å²) in [5, 5.41) is 4.84. The summed E-state index contributed by atoms with van der Waals surface area (Å²) in [7, 11) is 4.14. The molecule has 1 saturated carbocycles. The maximum absolute atomic E-state index is 4.75. The summed E-state index contributed by atoms with van der Waals surface area (Å²) in [6.07, 6.45) is 7.76. The van der Waals surface area contributed by atoms with Gasteiger partial charge in [-0.15, -0.1) is 11.3 Å². The molecule has 1 aliphatic carbocycles. The minimum Gasteiger partial charge on any atom is -0.354 e. The Morgan fingerprint density at radius 3 is 2.67 bits per heavy atom. The SMILES string of the molecule is CCCc1nc(N(C)C)sc1CNC1CCCC1. The lowest BCUT2D eigenvalue weighted by Gasteiger charge is -2.11. The van der Waals surface area contributed by atoms with Crippen molar-refractivity contribution in [3.63, 3.8) is 0 Å². The van der Waals surface area contributed by atoms with E-state index in [1.54, 1.807) is 0 Å². The lowest BCUT2D eigenvalue weighted by Crippen LogP contribution is -2.25. The van der Waals surface area contributed by atoms with Gasteiger partial charge in [-0.25, -0.2) is 4.98 Å². The van der Waals surface area contributed by atoms with E-state index in [1.165, 1.54) is 42.7 Å². The van der Waals surface area contributed by atoms with Crippen molar-refractivity contribution in [2.24, 2.45) is 0 Å². The minimum absolute atomic E-state index is 0.740. The van der Waals surface area contributed by atoms with Crippen molar-refractivity contribution in [1.29, 1.82) is 0 Å². The molecule has 0 radical (unpaired) electrons. The second-order valence-corrected chi connectivity index (χ2v) is 6.44. The first-order chi connectivity index (χ1) is 8.70. The predicted molar refractivity (Wildman–Crippen MR) is 79.5 cm³/mol. The summed E-state index contributed by atoms with van der Waals surface area (Å²) in [6, 6.07) is 0.740. The molecule has 0 saturated heterocycles. The van der Waals surface area contributed by atoms with Crippen LogP contribution in [0.4, 0.5) is 5.13 Å². The summed E-state index contributed by atoms with van der Waals surface area (Å²) in [6.45, 7) is 3.23. The van der Waals surface area contributed by atoms with Gasteiger partial charge in [-0.05, 0) is 19.3 Å². The van der Waals surface area contributed by atoms with Gasteiger partial charge in [0.15, 0.2) is 5.13 Å². The molecular weight excluding hydrogens is 242 g/mol. The van der Waals surface area contributed by atoms with E-state index in [-0.39, 0.29) is 0 Å². The molecule has 1 N–H and O–H groups in total. The van der Waals surface area contributed by atoms with Crippen LogP contribution in [0.1, 0.15) is 49.6 Å². The molecule has 18 heavy (non-hydrogen) atoms. The molecule has 0 aromatic carbocycles. The number of rotatable bonds is 6. The van der Waals surface area contributed by atoms with Gasteiger partial charge in [0.1, 0.15) is 0 Å². The molecule has 1 aromatic rings. The monoisotopic (exact) mass is 267 g/mol. The lowest BCUT2D eigenvalue weighted by atomic mass is 10.2. The number of nitrogens with one attached hydrogen (secondary N) is 1. The number of nitrogens with zero attached hydrogens (tertiary/aromatic N) is 2. The zero-order valence-electron chi connectivity index (χ0n) is 11.8. The summed E-state index contributed by atoms with van der Waals surface area (Å²) < 4.78 is 0. The Morgan fingerprint density at radius 2 is 2.06 bits per heavy atom. The molecule has 0 unspecified atom stereocenters. The second-order valence-electron chi connectivity index (χ2n) is 5.37. The standard InChI is InChI=1S/C14H25N3S/c1-4-7-12-13(18-14(16-12)17(2)3)10-15-11-8-5-6-9-11/h11,15H,4-10H2,1-3H3. The van der Waals surface area contributed by atoms with Gasteiger partial charge in [0, 0.05) is 31.6 Å².